The van der Waals surface area contributed by atoms with Crippen LogP contribution in [-0.2, 0) is 9.53 Å². The lowest BCUT2D eigenvalue weighted by molar-refractivity contribution is -0.129. The number of ether oxygens (including phenoxy) is 2. The summed E-state index contributed by atoms with van der Waals surface area (Å²) in [5.41, 5.74) is 0. The molecule has 0 unspecified atom stereocenters. The maximum absolute atomic E-state index is 12.4. The van der Waals surface area contributed by atoms with E-state index in [0.29, 0.717) is 31.1 Å². The molecule has 25 heavy (non-hydrogen) atoms. The molecule has 3 fully saturated rings. The molecule has 2 aliphatic heterocycles. The highest BCUT2D eigenvalue weighted by molar-refractivity contribution is 5.76. The van der Waals surface area contributed by atoms with Gasteiger partial charge in [0.05, 0.1) is 24.8 Å². The number of likely N-dealkylation sites (tertiary alicyclic amines) is 1. The van der Waals surface area contributed by atoms with Crippen LogP contribution in [0.25, 0.3) is 0 Å². The third-order valence-electron chi connectivity index (χ3n) is 5.80. The third kappa shape index (κ3) is 3.67. The minimum absolute atomic E-state index is 0.149. The Kier molecular flexibility index (Phi) is 5.22. The molecule has 3 aliphatic rings. The summed E-state index contributed by atoms with van der Waals surface area (Å²) in [6, 6.07) is 10.4. The van der Waals surface area contributed by atoms with E-state index in [0.717, 1.165) is 38.3 Å². The van der Waals surface area contributed by atoms with Gasteiger partial charge in [-0.25, -0.2) is 0 Å². The number of fused-ring (bicyclic) bond motifs is 1. The van der Waals surface area contributed by atoms with Gasteiger partial charge in [-0.2, -0.15) is 0 Å². The van der Waals surface area contributed by atoms with Crippen LogP contribution in [0.4, 0.5) is 0 Å². The molecule has 1 amide bonds. The Morgan fingerprint density at radius 3 is 2.84 bits per heavy atom. The molecule has 1 N–H and O–H groups in total. The fraction of sp³-hybridized carbons (Fsp3) is 0.650. The van der Waals surface area contributed by atoms with E-state index in [-0.39, 0.29) is 11.9 Å². The Hall–Kier alpha value is -1.59. The van der Waals surface area contributed by atoms with Crippen molar-refractivity contribution in [3.63, 3.8) is 0 Å². The van der Waals surface area contributed by atoms with Gasteiger partial charge in [-0.05, 0) is 50.9 Å². The van der Waals surface area contributed by atoms with Crippen LogP contribution in [0, 0.1) is 5.92 Å². The van der Waals surface area contributed by atoms with Crippen molar-refractivity contribution in [3.05, 3.63) is 30.3 Å². The summed E-state index contributed by atoms with van der Waals surface area (Å²) < 4.78 is 11.6. The van der Waals surface area contributed by atoms with Crippen molar-refractivity contribution in [2.75, 3.05) is 26.3 Å². The van der Waals surface area contributed by atoms with Crippen molar-refractivity contribution >= 4 is 5.91 Å². The zero-order chi connectivity index (χ0) is 17.1. The predicted molar refractivity (Wildman–Crippen MR) is 95.5 cm³/mol. The molecule has 5 heteroatoms. The van der Waals surface area contributed by atoms with Gasteiger partial charge in [-0.1, -0.05) is 18.2 Å². The molecule has 5 nitrogen and oxygen atoms in total. The van der Waals surface area contributed by atoms with Crippen LogP contribution >= 0.6 is 0 Å². The van der Waals surface area contributed by atoms with E-state index >= 15 is 0 Å². The molecule has 1 aliphatic carbocycles. The van der Waals surface area contributed by atoms with Gasteiger partial charge in [0.15, 0.2) is 0 Å². The van der Waals surface area contributed by atoms with Crippen molar-refractivity contribution in [2.24, 2.45) is 5.92 Å². The quantitative estimate of drug-likeness (QED) is 0.771. The summed E-state index contributed by atoms with van der Waals surface area (Å²) in [7, 11) is 0. The van der Waals surface area contributed by atoms with E-state index in [4.69, 9.17) is 9.47 Å². The van der Waals surface area contributed by atoms with Crippen LogP contribution in [0.5, 0.6) is 5.75 Å². The molecular weight excluding hydrogens is 316 g/mol. The smallest absolute Gasteiger partial charge is 0.220 e. The summed E-state index contributed by atoms with van der Waals surface area (Å²) in [4.78, 5) is 14.9. The number of nitrogens with one attached hydrogen (secondary N) is 1. The minimum Gasteiger partial charge on any atom is -0.494 e. The number of carbonyl (C=O) groups excluding carboxylic acids is 1. The van der Waals surface area contributed by atoms with Crippen LogP contribution in [-0.4, -0.2) is 55.3 Å². The van der Waals surface area contributed by atoms with Gasteiger partial charge >= 0.3 is 0 Å². The van der Waals surface area contributed by atoms with E-state index in [2.05, 4.69) is 10.2 Å². The van der Waals surface area contributed by atoms with Gasteiger partial charge in [-0.3, -0.25) is 9.69 Å². The Balaban J connectivity index is 1.22. The number of amides is 1. The van der Waals surface area contributed by atoms with Crippen molar-refractivity contribution in [1.82, 2.24) is 10.2 Å². The number of benzene rings is 1. The molecule has 0 spiro atoms. The van der Waals surface area contributed by atoms with E-state index in [1.165, 1.54) is 12.8 Å². The van der Waals surface area contributed by atoms with Crippen molar-refractivity contribution < 1.29 is 14.3 Å². The maximum atomic E-state index is 12.4. The lowest BCUT2D eigenvalue weighted by Gasteiger charge is -2.51. The average Bonchev–Trinajstić information content (AvgIpc) is 3.29. The summed E-state index contributed by atoms with van der Waals surface area (Å²) in [5, 5.41) is 3.30. The van der Waals surface area contributed by atoms with E-state index in [9.17, 15) is 4.79 Å². The fourth-order valence-electron chi connectivity index (χ4n) is 4.54. The second kappa shape index (κ2) is 7.75. The Morgan fingerprint density at radius 2 is 2.04 bits per heavy atom. The highest BCUT2D eigenvalue weighted by atomic mass is 16.5. The van der Waals surface area contributed by atoms with E-state index < -0.39 is 0 Å². The molecule has 4 rings (SSSR count). The third-order valence-corrected chi connectivity index (χ3v) is 5.80. The lowest BCUT2D eigenvalue weighted by Crippen LogP contribution is -2.70. The molecular formula is C20H28N2O3. The van der Waals surface area contributed by atoms with Gasteiger partial charge in [0.2, 0.25) is 5.91 Å². The first-order chi connectivity index (χ1) is 12.3. The molecule has 0 aromatic heterocycles. The predicted octanol–water partition coefficient (Wildman–Crippen LogP) is 2.21. The fourth-order valence-corrected chi connectivity index (χ4v) is 4.54. The highest BCUT2D eigenvalue weighted by Crippen LogP contribution is 2.42. The molecule has 1 aromatic carbocycles. The zero-order valence-electron chi connectivity index (χ0n) is 14.7. The monoisotopic (exact) mass is 344 g/mol. The summed E-state index contributed by atoms with van der Waals surface area (Å²) in [6.45, 7) is 3.72. The first-order valence-corrected chi connectivity index (χ1v) is 9.66. The van der Waals surface area contributed by atoms with E-state index in [1.54, 1.807) is 0 Å². The number of rotatable bonds is 7. The molecule has 0 bridgehead atoms. The highest BCUT2D eigenvalue weighted by Gasteiger charge is 2.56. The molecule has 0 radical (unpaired) electrons. The van der Waals surface area contributed by atoms with Gasteiger partial charge in [-0.15, -0.1) is 0 Å². The molecule has 136 valence electrons. The van der Waals surface area contributed by atoms with E-state index in [1.807, 2.05) is 30.3 Å². The van der Waals surface area contributed by atoms with Gasteiger partial charge < -0.3 is 14.8 Å². The SMILES string of the molecule is O=C(CCCOc1ccccc1)N[C@H]1[C@H]2CCO[C@H]2[C@@H]1N1CCCC1. The Morgan fingerprint density at radius 1 is 1.24 bits per heavy atom. The van der Waals surface area contributed by atoms with Crippen molar-refractivity contribution in [1.29, 1.82) is 0 Å². The molecule has 1 saturated carbocycles. The van der Waals surface area contributed by atoms with Crippen LogP contribution in [0.2, 0.25) is 0 Å². The van der Waals surface area contributed by atoms with Gasteiger partial charge in [0.1, 0.15) is 5.75 Å². The lowest BCUT2D eigenvalue weighted by atomic mass is 9.70. The number of hydrogen-bond acceptors (Lipinski definition) is 4. The minimum atomic E-state index is 0.149. The molecule has 4 atom stereocenters. The zero-order valence-corrected chi connectivity index (χ0v) is 14.7. The maximum Gasteiger partial charge on any atom is 0.220 e. The number of carbonyl (C=O) groups is 1. The summed E-state index contributed by atoms with van der Waals surface area (Å²) in [5.74, 6) is 1.52. The number of para-hydroxylation sites is 1. The second-order valence-electron chi connectivity index (χ2n) is 7.38. The van der Waals surface area contributed by atoms with Gasteiger partial charge in [0.25, 0.3) is 0 Å². The van der Waals surface area contributed by atoms with Crippen LogP contribution in [0.1, 0.15) is 32.1 Å². The first-order valence-electron chi connectivity index (χ1n) is 9.66. The Bertz CT molecular complexity index is 569. The average molecular weight is 344 g/mol. The number of hydrogen-bond donors (Lipinski definition) is 1. The number of nitrogens with zero attached hydrogens (tertiary/aromatic N) is 1. The standard InChI is InChI=1S/C20H28N2O3/c23-17(9-6-13-24-15-7-2-1-3-8-15)21-18-16-10-14-25-20(16)19(18)22-11-4-5-12-22/h1-3,7-8,16,18-20H,4-6,9-14H2,(H,21,23)/t16-,18+,19-,20-/m1/s1. The van der Waals surface area contributed by atoms with Crippen molar-refractivity contribution in [3.8, 4) is 5.75 Å². The second-order valence-corrected chi connectivity index (χ2v) is 7.38. The van der Waals surface area contributed by atoms with Crippen molar-refractivity contribution in [2.45, 2.75) is 50.3 Å². The van der Waals surface area contributed by atoms with Gasteiger partial charge in [0, 0.05) is 18.9 Å². The first kappa shape index (κ1) is 16.9. The normalized spacial score (nSPS) is 31.4. The van der Waals surface area contributed by atoms with Crippen LogP contribution < -0.4 is 10.1 Å². The summed E-state index contributed by atoms with van der Waals surface area (Å²) >= 11 is 0. The van der Waals surface area contributed by atoms with Crippen LogP contribution in [0.15, 0.2) is 30.3 Å². The Labute approximate surface area is 149 Å². The van der Waals surface area contributed by atoms with Crippen LogP contribution in [0.3, 0.4) is 0 Å². The summed E-state index contributed by atoms with van der Waals surface area (Å²) in [6.07, 6.45) is 5.22. The molecule has 2 heterocycles. The molecule has 1 aromatic rings. The molecule has 2 saturated heterocycles. The largest absolute Gasteiger partial charge is 0.494 e. The topological polar surface area (TPSA) is 50.8 Å².